The summed E-state index contributed by atoms with van der Waals surface area (Å²) >= 11 is 0. The Morgan fingerprint density at radius 3 is 2.74 bits per heavy atom. The topological polar surface area (TPSA) is 41.6 Å². The predicted molar refractivity (Wildman–Crippen MR) is 76.0 cm³/mol. The van der Waals surface area contributed by atoms with E-state index in [9.17, 15) is 4.79 Å². The molecule has 1 atom stereocenters. The van der Waals surface area contributed by atoms with Crippen LogP contribution >= 0.6 is 0 Å². The van der Waals surface area contributed by atoms with Gasteiger partial charge in [0.15, 0.2) is 0 Å². The predicted octanol–water partition coefficient (Wildman–Crippen LogP) is 1.65. The quantitative estimate of drug-likeness (QED) is 0.763. The van der Waals surface area contributed by atoms with Gasteiger partial charge in [0, 0.05) is 26.1 Å². The highest BCUT2D eigenvalue weighted by Crippen LogP contribution is 2.59. The van der Waals surface area contributed by atoms with Crippen LogP contribution in [0.2, 0.25) is 0 Å². The lowest BCUT2D eigenvalue weighted by atomic mass is 9.91. The molecule has 19 heavy (non-hydrogen) atoms. The van der Waals surface area contributed by atoms with Crippen molar-refractivity contribution in [3.8, 4) is 0 Å². The molecule has 1 N–H and O–H groups in total. The molecule has 0 radical (unpaired) electrons. The van der Waals surface area contributed by atoms with Crippen LogP contribution in [0.25, 0.3) is 0 Å². The average Bonchev–Trinajstić information content (AvgIpc) is 3.12. The Bertz CT molecular complexity index is 293. The van der Waals surface area contributed by atoms with Gasteiger partial charge in [-0.25, -0.2) is 0 Å². The number of hydrogen-bond acceptors (Lipinski definition) is 3. The lowest BCUT2D eigenvalue weighted by molar-refractivity contribution is -0.134. The van der Waals surface area contributed by atoms with Crippen LogP contribution in [0.5, 0.6) is 0 Å². The molecule has 2 fully saturated rings. The number of unbranched alkanes of at least 4 members (excludes halogenated alkanes) is 1. The molecule has 1 saturated heterocycles. The van der Waals surface area contributed by atoms with Crippen molar-refractivity contribution in [2.24, 2.45) is 11.3 Å². The summed E-state index contributed by atoms with van der Waals surface area (Å²) in [7, 11) is 1.70. The average molecular weight is 268 g/mol. The van der Waals surface area contributed by atoms with E-state index in [2.05, 4.69) is 12.2 Å². The van der Waals surface area contributed by atoms with Gasteiger partial charge in [-0.15, -0.1) is 0 Å². The van der Waals surface area contributed by atoms with Gasteiger partial charge in [-0.3, -0.25) is 4.79 Å². The summed E-state index contributed by atoms with van der Waals surface area (Å²) in [6, 6.07) is 0. The van der Waals surface area contributed by atoms with E-state index in [1.165, 1.54) is 12.8 Å². The van der Waals surface area contributed by atoms with Crippen molar-refractivity contribution in [3.63, 3.8) is 0 Å². The van der Waals surface area contributed by atoms with Crippen LogP contribution in [-0.4, -0.2) is 50.7 Å². The highest BCUT2D eigenvalue weighted by atomic mass is 16.5. The number of carbonyl (C=O) groups is 1. The third-order valence-corrected chi connectivity index (χ3v) is 4.75. The van der Waals surface area contributed by atoms with Crippen LogP contribution in [0.4, 0.5) is 0 Å². The molecular weight excluding hydrogens is 240 g/mol. The molecule has 0 bridgehead atoms. The Kier molecular flexibility index (Phi) is 5.22. The van der Waals surface area contributed by atoms with Crippen LogP contribution < -0.4 is 5.32 Å². The Morgan fingerprint density at radius 2 is 2.11 bits per heavy atom. The Balaban J connectivity index is 1.88. The van der Waals surface area contributed by atoms with Crippen LogP contribution in [0.1, 0.15) is 39.0 Å². The summed E-state index contributed by atoms with van der Waals surface area (Å²) in [5.41, 5.74) is 0.347. The van der Waals surface area contributed by atoms with Crippen molar-refractivity contribution >= 4 is 5.91 Å². The zero-order valence-corrected chi connectivity index (χ0v) is 12.4. The smallest absolute Gasteiger partial charge is 0.226 e. The van der Waals surface area contributed by atoms with Gasteiger partial charge in [-0.2, -0.15) is 0 Å². The maximum atomic E-state index is 12.6. The van der Waals surface area contributed by atoms with Gasteiger partial charge in [0.1, 0.15) is 0 Å². The summed E-state index contributed by atoms with van der Waals surface area (Å²) in [5, 5.41) is 3.39. The maximum absolute atomic E-state index is 12.6. The SMILES string of the molecule is CCCCN(CCOC)C(=O)C1CC12CCNCC2. The Hall–Kier alpha value is -0.610. The second kappa shape index (κ2) is 6.71. The zero-order valence-electron chi connectivity index (χ0n) is 12.4. The Labute approximate surface area is 116 Å². The van der Waals surface area contributed by atoms with Gasteiger partial charge >= 0.3 is 0 Å². The first-order chi connectivity index (χ1) is 9.23. The molecule has 0 aromatic rings. The van der Waals surface area contributed by atoms with Crippen LogP contribution in [0, 0.1) is 11.3 Å². The lowest BCUT2D eigenvalue weighted by Crippen LogP contribution is -2.38. The monoisotopic (exact) mass is 268 g/mol. The van der Waals surface area contributed by atoms with Crippen LogP contribution in [0.15, 0.2) is 0 Å². The number of nitrogens with zero attached hydrogens (tertiary/aromatic N) is 1. The molecule has 0 aromatic carbocycles. The summed E-state index contributed by atoms with van der Waals surface area (Å²) in [4.78, 5) is 14.7. The Morgan fingerprint density at radius 1 is 1.37 bits per heavy atom. The molecule has 2 rings (SSSR count). The second-order valence-electron chi connectivity index (χ2n) is 6.04. The van der Waals surface area contributed by atoms with Crippen molar-refractivity contribution in [3.05, 3.63) is 0 Å². The highest BCUT2D eigenvalue weighted by molar-refractivity contribution is 5.82. The molecule has 4 nitrogen and oxygen atoms in total. The molecule has 4 heteroatoms. The number of rotatable bonds is 7. The normalized spacial score (nSPS) is 24.4. The fourth-order valence-electron chi connectivity index (χ4n) is 3.28. The van der Waals surface area contributed by atoms with E-state index in [-0.39, 0.29) is 0 Å². The largest absolute Gasteiger partial charge is 0.383 e. The van der Waals surface area contributed by atoms with E-state index in [1.54, 1.807) is 7.11 Å². The molecule has 1 unspecified atom stereocenters. The van der Waals surface area contributed by atoms with E-state index in [4.69, 9.17) is 4.74 Å². The molecule has 1 spiro atoms. The third kappa shape index (κ3) is 3.48. The minimum Gasteiger partial charge on any atom is -0.383 e. The first-order valence-electron chi connectivity index (χ1n) is 7.72. The minimum absolute atomic E-state index is 0.295. The van der Waals surface area contributed by atoms with Crippen LogP contribution in [-0.2, 0) is 9.53 Å². The van der Waals surface area contributed by atoms with Crippen molar-refractivity contribution in [1.29, 1.82) is 0 Å². The van der Waals surface area contributed by atoms with Crippen LogP contribution in [0.3, 0.4) is 0 Å². The van der Waals surface area contributed by atoms with E-state index >= 15 is 0 Å². The molecule has 0 aromatic heterocycles. The number of methoxy groups -OCH3 is 1. The van der Waals surface area contributed by atoms with Gasteiger partial charge in [-0.1, -0.05) is 13.3 Å². The minimum atomic E-state index is 0.295. The lowest BCUT2D eigenvalue weighted by Gasteiger charge is -2.27. The second-order valence-corrected chi connectivity index (χ2v) is 6.04. The van der Waals surface area contributed by atoms with Gasteiger partial charge in [0.25, 0.3) is 0 Å². The number of piperidine rings is 1. The molecular formula is C15H28N2O2. The molecule has 1 aliphatic carbocycles. The summed E-state index contributed by atoms with van der Waals surface area (Å²) in [5.74, 6) is 0.677. The van der Waals surface area contributed by atoms with Crippen molar-refractivity contribution < 1.29 is 9.53 Å². The fourth-order valence-corrected chi connectivity index (χ4v) is 3.28. The van der Waals surface area contributed by atoms with Gasteiger partial charge in [-0.05, 0) is 44.2 Å². The molecule has 1 saturated carbocycles. The van der Waals surface area contributed by atoms with E-state index in [0.717, 1.165) is 45.4 Å². The van der Waals surface area contributed by atoms with Gasteiger partial charge in [0.05, 0.1) is 6.61 Å². The van der Waals surface area contributed by atoms with E-state index in [1.807, 2.05) is 4.90 Å². The molecule has 1 amide bonds. The fraction of sp³-hybridized carbons (Fsp3) is 0.933. The molecule has 1 aliphatic heterocycles. The van der Waals surface area contributed by atoms with Gasteiger partial charge in [0.2, 0.25) is 5.91 Å². The molecule has 2 aliphatic rings. The maximum Gasteiger partial charge on any atom is 0.226 e. The number of amides is 1. The third-order valence-electron chi connectivity index (χ3n) is 4.75. The highest BCUT2D eigenvalue weighted by Gasteiger charge is 2.58. The first-order valence-corrected chi connectivity index (χ1v) is 7.72. The summed E-state index contributed by atoms with van der Waals surface area (Å²) in [6.07, 6.45) is 5.70. The van der Waals surface area contributed by atoms with Crippen molar-refractivity contribution in [2.45, 2.75) is 39.0 Å². The molecule has 110 valence electrons. The summed E-state index contributed by atoms with van der Waals surface area (Å²) in [6.45, 7) is 6.62. The van der Waals surface area contributed by atoms with E-state index < -0.39 is 0 Å². The summed E-state index contributed by atoms with van der Waals surface area (Å²) < 4.78 is 5.14. The van der Waals surface area contributed by atoms with Gasteiger partial charge < -0.3 is 15.0 Å². The zero-order chi connectivity index (χ0) is 13.7. The standard InChI is InChI=1S/C15H28N2O2/c1-3-4-9-17(10-11-19-2)14(18)13-12-15(13)5-7-16-8-6-15/h13,16H,3-12H2,1-2H3. The van der Waals surface area contributed by atoms with Crippen molar-refractivity contribution in [1.82, 2.24) is 10.2 Å². The van der Waals surface area contributed by atoms with E-state index in [0.29, 0.717) is 23.8 Å². The number of nitrogens with one attached hydrogen (secondary N) is 1. The number of carbonyl (C=O) groups excluding carboxylic acids is 1. The number of hydrogen-bond donors (Lipinski definition) is 1. The van der Waals surface area contributed by atoms with Crippen molar-refractivity contribution in [2.75, 3.05) is 39.9 Å². The number of ether oxygens (including phenoxy) is 1. The first kappa shape index (κ1) is 14.8. The molecule has 1 heterocycles.